The van der Waals surface area contributed by atoms with Crippen LogP contribution in [-0.4, -0.2) is 50.5 Å². The summed E-state index contributed by atoms with van der Waals surface area (Å²) in [4.78, 5) is 28.1. The molecule has 0 saturated heterocycles. The summed E-state index contributed by atoms with van der Waals surface area (Å²) in [5.74, 6) is -0.309. The third kappa shape index (κ3) is 8.97. The molecule has 0 saturated carbocycles. The van der Waals surface area contributed by atoms with Gasteiger partial charge in [-0.15, -0.1) is 0 Å². The molecule has 7 nitrogen and oxygen atoms in total. The molecule has 0 aromatic heterocycles. The number of amides is 2. The maximum atomic E-state index is 13.5. The first-order chi connectivity index (χ1) is 17.1. The fourth-order valence-corrected chi connectivity index (χ4v) is 5.18. The Morgan fingerprint density at radius 2 is 1.64 bits per heavy atom. The molecule has 0 heterocycles. The molecule has 0 aliphatic heterocycles. The van der Waals surface area contributed by atoms with Crippen LogP contribution in [0.25, 0.3) is 0 Å². The minimum Gasteiger partial charge on any atom is -0.354 e. The van der Waals surface area contributed by atoms with Gasteiger partial charge in [0.05, 0.1) is 11.9 Å². The minimum absolute atomic E-state index is 0.141. The van der Waals surface area contributed by atoms with Gasteiger partial charge in [0, 0.05) is 26.1 Å². The van der Waals surface area contributed by atoms with Crippen molar-refractivity contribution in [2.45, 2.75) is 72.4 Å². The van der Waals surface area contributed by atoms with Crippen molar-refractivity contribution in [3.8, 4) is 0 Å². The number of carbonyl (C=O) groups excluding carboxylic acids is 2. The van der Waals surface area contributed by atoms with E-state index >= 15 is 0 Å². The summed E-state index contributed by atoms with van der Waals surface area (Å²) < 4.78 is 26.3. The number of anilines is 1. The Balaban J connectivity index is 2.20. The number of hydrogen-bond acceptors (Lipinski definition) is 4. The number of aryl methyl sites for hydroxylation is 2. The zero-order valence-corrected chi connectivity index (χ0v) is 23.1. The molecule has 2 aromatic carbocycles. The Morgan fingerprint density at radius 3 is 2.22 bits per heavy atom. The van der Waals surface area contributed by atoms with Crippen LogP contribution in [-0.2, 0) is 26.2 Å². The summed E-state index contributed by atoms with van der Waals surface area (Å²) in [5, 5.41) is 2.97. The fourth-order valence-electron chi connectivity index (χ4n) is 4.22. The summed E-state index contributed by atoms with van der Waals surface area (Å²) >= 11 is 0. The van der Waals surface area contributed by atoms with E-state index in [4.69, 9.17) is 0 Å². The highest BCUT2D eigenvalue weighted by Gasteiger charge is 2.28. The lowest BCUT2D eigenvalue weighted by Crippen LogP contribution is -2.49. The molecule has 1 atom stereocenters. The van der Waals surface area contributed by atoms with Gasteiger partial charge in [-0.1, -0.05) is 62.2 Å². The Kier molecular flexibility index (Phi) is 11.4. The lowest BCUT2D eigenvalue weighted by Gasteiger charge is -2.31. The van der Waals surface area contributed by atoms with Crippen LogP contribution < -0.4 is 9.62 Å². The van der Waals surface area contributed by atoms with Gasteiger partial charge in [0.2, 0.25) is 21.8 Å². The molecule has 0 fully saturated rings. The van der Waals surface area contributed by atoms with Gasteiger partial charge < -0.3 is 10.2 Å². The maximum Gasteiger partial charge on any atom is 0.242 e. The molecule has 0 bridgehead atoms. The number of carbonyl (C=O) groups is 2. The second-order valence-electron chi connectivity index (χ2n) is 9.36. The van der Waals surface area contributed by atoms with E-state index in [1.54, 1.807) is 11.0 Å². The molecule has 36 heavy (non-hydrogen) atoms. The van der Waals surface area contributed by atoms with E-state index in [0.29, 0.717) is 31.6 Å². The highest BCUT2D eigenvalue weighted by molar-refractivity contribution is 7.92. The molecule has 0 radical (unpaired) electrons. The number of rotatable bonds is 14. The Labute approximate surface area is 216 Å². The molecule has 2 amide bonds. The van der Waals surface area contributed by atoms with Crippen LogP contribution in [0.1, 0.15) is 62.6 Å². The predicted octanol–water partition coefficient (Wildman–Crippen LogP) is 4.57. The molecule has 2 rings (SSSR count). The van der Waals surface area contributed by atoms with Crippen molar-refractivity contribution < 1.29 is 18.0 Å². The molecule has 0 aliphatic rings. The van der Waals surface area contributed by atoms with E-state index in [1.165, 1.54) is 10.6 Å². The number of sulfonamides is 1. The largest absolute Gasteiger partial charge is 0.354 e. The number of benzene rings is 2. The van der Waals surface area contributed by atoms with Crippen LogP contribution in [0.4, 0.5) is 5.69 Å². The second kappa shape index (κ2) is 14.0. The lowest BCUT2D eigenvalue weighted by atomic mass is 10.1. The molecule has 0 aliphatic carbocycles. The highest BCUT2D eigenvalue weighted by Crippen LogP contribution is 2.21. The summed E-state index contributed by atoms with van der Waals surface area (Å²) in [6, 6.07) is 14.6. The SMILES string of the molecule is CCCCNC(=O)[C@H](CC)N(Cc1cccc(C)c1)C(=O)CCCN(c1cccc(C)c1)S(C)(=O)=O. The smallest absolute Gasteiger partial charge is 0.242 e. The topological polar surface area (TPSA) is 86.8 Å². The fraction of sp³-hybridized carbons (Fsp3) is 0.500. The first-order valence-electron chi connectivity index (χ1n) is 12.7. The first-order valence-corrected chi connectivity index (χ1v) is 14.6. The van der Waals surface area contributed by atoms with E-state index in [0.717, 1.165) is 29.5 Å². The molecule has 8 heteroatoms. The van der Waals surface area contributed by atoms with Gasteiger partial charge in [-0.3, -0.25) is 13.9 Å². The lowest BCUT2D eigenvalue weighted by molar-refractivity contribution is -0.141. The summed E-state index contributed by atoms with van der Waals surface area (Å²) in [7, 11) is -3.51. The van der Waals surface area contributed by atoms with Crippen LogP contribution in [0.15, 0.2) is 48.5 Å². The second-order valence-corrected chi connectivity index (χ2v) is 11.3. The van der Waals surface area contributed by atoms with Crippen molar-refractivity contribution in [3.63, 3.8) is 0 Å². The van der Waals surface area contributed by atoms with Crippen molar-refractivity contribution in [3.05, 3.63) is 65.2 Å². The number of nitrogens with one attached hydrogen (secondary N) is 1. The normalized spacial score (nSPS) is 12.1. The third-order valence-electron chi connectivity index (χ3n) is 6.09. The number of unbranched alkanes of at least 4 members (excludes halogenated alkanes) is 1. The predicted molar refractivity (Wildman–Crippen MR) is 146 cm³/mol. The monoisotopic (exact) mass is 515 g/mol. The van der Waals surface area contributed by atoms with E-state index in [2.05, 4.69) is 12.2 Å². The molecular weight excluding hydrogens is 474 g/mol. The Bertz CT molecular complexity index is 1120. The third-order valence-corrected chi connectivity index (χ3v) is 7.29. The van der Waals surface area contributed by atoms with Gasteiger partial charge in [0.15, 0.2) is 0 Å². The van der Waals surface area contributed by atoms with Crippen LogP contribution in [0.5, 0.6) is 0 Å². The van der Waals surface area contributed by atoms with E-state index in [9.17, 15) is 18.0 Å². The van der Waals surface area contributed by atoms with Crippen molar-refractivity contribution >= 4 is 27.5 Å². The summed E-state index contributed by atoms with van der Waals surface area (Å²) in [6.07, 6.45) is 4.01. The highest BCUT2D eigenvalue weighted by atomic mass is 32.2. The van der Waals surface area contributed by atoms with Crippen LogP contribution >= 0.6 is 0 Å². The Morgan fingerprint density at radius 1 is 0.972 bits per heavy atom. The van der Waals surface area contributed by atoms with Gasteiger partial charge in [-0.25, -0.2) is 8.42 Å². The summed E-state index contributed by atoms with van der Waals surface area (Å²) in [5.41, 5.74) is 3.59. The zero-order chi connectivity index (χ0) is 26.7. The van der Waals surface area contributed by atoms with Gasteiger partial charge >= 0.3 is 0 Å². The molecule has 1 N–H and O–H groups in total. The number of hydrogen-bond donors (Lipinski definition) is 1. The zero-order valence-electron chi connectivity index (χ0n) is 22.3. The van der Waals surface area contributed by atoms with Gasteiger partial charge in [-0.2, -0.15) is 0 Å². The first kappa shape index (κ1) is 29.4. The van der Waals surface area contributed by atoms with Crippen molar-refractivity contribution in [2.24, 2.45) is 0 Å². The molecule has 198 valence electrons. The van der Waals surface area contributed by atoms with Crippen molar-refractivity contribution in [2.75, 3.05) is 23.7 Å². The van der Waals surface area contributed by atoms with Gasteiger partial charge in [0.1, 0.15) is 6.04 Å². The van der Waals surface area contributed by atoms with E-state index < -0.39 is 16.1 Å². The average Bonchev–Trinajstić information content (AvgIpc) is 2.81. The number of nitrogens with zero attached hydrogens (tertiary/aromatic N) is 2. The average molecular weight is 516 g/mol. The van der Waals surface area contributed by atoms with Crippen LogP contribution in [0.3, 0.4) is 0 Å². The standard InChI is InChI=1S/C28H41N3O4S/c1-6-8-17-29-28(33)26(7-2)30(21-24-14-9-12-22(3)19-24)27(32)16-11-18-31(36(5,34)35)25-15-10-13-23(4)20-25/h9-10,12-15,19-20,26H,6-8,11,16-18,21H2,1-5H3,(H,29,33)/t26-/m0/s1. The van der Waals surface area contributed by atoms with E-state index in [1.807, 2.05) is 63.2 Å². The van der Waals surface area contributed by atoms with Crippen LogP contribution in [0.2, 0.25) is 0 Å². The quantitative estimate of drug-likeness (QED) is 0.373. The molecule has 0 spiro atoms. The Hall–Kier alpha value is -2.87. The van der Waals surface area contributed by atoms with Gasteiger partial charge in [0.25, 0.3) is 0 Å². The van der Waals surface area contributed by atoms with Crippen molar-refractivity contribution in [1.29, 1.82) is 0 Å². The van der Waals surface area contributed by atoms with E-state index in [-0.39, 0.29) is 24.8 Å². The molecule has 0 unspecified atom stereocenters. The minimum atomic E-state index is -3.51. The summed E-state index contributed by atoms with van der Waals surface area (Å²) in [6.45, 7) is 8.97. The maximum absolute atomic E-state index is 13.5. The van der Waals surface area contributed by atoms with Crippen molar-refractivity contribution in [1.82, 2.24) is 10.2 Å². The van der Waals surface area contributed by atoms with Gasteiger partial charge in [-0.05, 0) is 56.4 Å². The molecule has 2 aromatic rings. The van der Waals surface area contributed by atoms with Crippen LogP contribution in [0, 0.1) is 13.8 Å². The molecular formula is C28H41N3O4S.